The molecule has 0 fully saturated rings. The number of nitro groups is 1. The van der Waals surface area contributed by atoms with Crippen LogP contribution in [0.4, 0.5) is 5.69 Å². The van der Waals surface area contributed by atoms with Gasteiger partial charge in [-0.1, -0.05) is 38.4 Å². The minimum absolute atomic E-state index is 0.0761. The summed E-state index contributed by atoms with van der Waals surface area (Å²) in [4.78, 5) is 10.5. The fourth-order valence-electron chi connectivity index (χ4n) is 1.55. The molecule has 0 aliphatic heterocycles. The molecule has 5 heteroatoms. The van der Waals surface area contributed by atoms with Gasteiger partial charge in [-0.25, -0.2) is 0 Å². The van der Waals surface area contributed by atoms with Gasteiger partial charge in [0.05, 0.1) is 15.5 Å². The van der Waals surface area contributed by atoms with Gasteiger partial charge < -0.3 is 5.32 Å². The van der Waals surface area contributed by atoms with Crippen LogP contribution in [-0.2, 0) is 6.54 Å². The Hall–Kier alpha value is -1.13. The van der Waals surface area contributed by atoms with Crippen molar-refractivity contribution in [2.45, 2.75) is 27.3 Å². The molecule has 0 saturated carbocycles. The van der Waals surface area contributed by atoms with Gasteiger partial charge in [0.1, 0.15) is 0 Å². The van der Waals surface area contributed by atoms with Gasteiger partial charge in [-0.3, -0.25) is 10.1 Å². The first-order valence-electron chi connectivity index (χ1n) is 6.06. The van der Waals surface area contributed by atoms with Crippen molar-refractivity contribution in [2.75, 3.05) is 6.54 Å². The normalized spacial score (nSPS) is 12.7. The van der Waals surface area contributed by atoms with E-state index in [2.05, 4.69) is 26.1 Å². The SMILES string of the molecule is CC(C)C(C)CNCc1c(Cl)cccc1[N+](=O)[O-]. The third-order valence-electron chi connectivity index (χ3n) is 3.20. The minimum Gasteiger partial charge on any atom is -0.312 e. The number of nitrogens with zero attached hydrogens (tertiary/aromatic N) is 1. The maximum atomic E-state index is 10.9. The summed E-state index contributed by atoms with van der Waals surface area (Å²) < 4.78 is 0. The van der Waals surface area contributed by atoms with Gasteiger partial charge in [-0.2, -0.15) is 0 Å². The van der Waals surface area contributed by atoms with Crippen LogP contribution >= 0.6 is 11.6 Å². The Labute approximate surface area is 112 Å². The summed E-state index contributed by atoms with van der Waals surface area (Å²) in [7, 11) is 0. The van der Waals surface area contributed by atoms with Gasteiger partial charge in [0.15, 0.2) is 0 Å². The van der Waals surface area contributed by atoms with Crippen LogP contribution in [0.5, 0.6) is 0 Å². The molecule has 18 heavy (non-hydrogen) atoms. The fourth-order valence-corrected chi connectivity index (χ4v) is 1.79. The van der Waals surface area contributed by atoms with Crippen LogP contribution in [0.25, 0.3) is 0 Å². The molecular weight excluding hydrogens is 252 g/mol. The lowest BCUT2D eigenvalue weighted by Crippen LogP contribution is -2.24. The molecule has 1 aromatic rings. The third kappa shape index (κ3) is 3.96. The second kappa shape index (κ2) is 6.71. The molecule has 1 unspecified atom stereocenters. The monoisotopic (exact) mass is 270 g/mol. The van der Waals surface area contributed by atoms with Crippen LogP contribution in [0.1, 0.15) is 26.3 Å². The molecule has 0 amide bonds. The van der Waals surface area contributed by atoms with Crippen molar-refractivity contribution in [3.05, 3.63) is 38.9 Å². The van der Waals surface area contributed by atoms with Crippen molar-refractivity contribution in [3.63, 3.8) is 0 Å². The number of nitrogens with one attached hydrogen (secondary N) is 1. The lowest BCUT2D eigenvalue weighted by atomic mass is 9.98. The summed E-state index contributed by atoms with van der Waals surface area (Å²) in [6, 6.07) is 4.76. The molecule has 1 rings (SSSR count). The molecule has 0 heterocycles. The second-order valence-corrected chi connectivity index (χ2v) is 5.25. The molecule has 0 aliphatic carbocycles. The van der Waals surface area contributed by atoms with Crippen molar-refractivity contribution in [1.29, 1.82) is 0 Å². The summed E-state index contributed by atoms with van der Waals surface area (Å²) in [5, 5.41) is 14.6. The zero-order chi connectivity index (χ0) is 13.7. The summed E-state index contributed by atoms with van der Waals surface area (Å²) in [6.45, 7) is 7.71. The van der Waals surface area contributed by atoms with Crippen LogP contribution in [0.15, 0.2) is 18.2 Å². The Balaban J connectivity index is 2.70. The molecule has 0 aromatic heterocycles. The summed E-state index contributed by atoms with van der Waals surface area (Å²) >= 11 is 6.01. The molecular formula is C13H19ClN2O2. The number of benzene rings is 1. The van der Waals surface area contributed by atoms with Gasteiger partial charge in [-0.15, -0.1) is 0 Å². The molecule has 100 valence electrons. The van der Waals surface area contributed by atoms with Gasteiger partial charge in [0.25, 0.3) is 5.69 Å². The van der Waals surface area contributed by atoms with E-state index in [9.17, 15) is 10.1 Å². The number of halogens is 1. The summed E-state index contributed by atoms with van der Waals surface area (Å²) in [5.74, 6) is 1.10. The number of hydrogen-bond donors (Lipinski definition) is 1. The predicted octanol–water partition coefficient (Wildman–Crippen LogP) is 3.63. The lowest BCUT2D eigenvalue weighted by molar-refractivity contribution is -0.385. The first kappa shape index (κ1) is 14.9. The molecule has 0 radical (unpaired) electrons. The molecule has 0 aliphatic rings. The first-order valence-corrected chi connectivity index (χ1v) is 6.43. The summed E-state index contributed by atoms with van der Waals surface area (Å²) in [5.41, 5.74) is 0.632. The minimum atomic E-state index is -0.394. The van der Waals surface area contributed by atoms with E-state index < -0.39 is 4.92 Å². The van der Waals surface area contributed by atoms with Crippen molar-refractivity contribution < 1.29 is 4.92 Å². The number of nitro benzene ring substituents is 1. The van der Waals surface area contributed by atoms with E-state index in [-0.39, 0.29) is 5.69 Å². The highest BCUT2D eigenvalue weighted by molar-refractivity contribution is 6.31. The van der Waals surface area contributed by atoms with Crippen molar-refractivity contribution in [3.8, 4) is 0 Å². The van der Waals surface area contributed by atoms with Gasteiger partial charge in [-0.05, 0) is 24.4 Å². The maximum Gasteiger partial charge on any atom is 0.275 e. The average Bonchev–Trinajstić information content (AvgIpc) is 2.30. The molecule has 4 nitrogen and oxygen atoms in total. The smallest absolute Gasteiger partial charge is 0.275 e. The van der Waals surface area contributed by atoms with E-state index in [4.69, 9.17) is 11.6 Å². The van der Waals surface area contributed by atoms with Crippen molar-refractivity contribution in [2.24, 2.45) is 11.8 Å². The molecule has 1 N–H and O–H groups in total. The van der Waals surface area contributed by atoms with E-state index in [1.807, 2.05) is 0 Å². The van der Waals surface area contributed by atoms with Crippen LogP contribution in [-0.4, -0.2) is 11.5 Å². The zero-order valence-corrected chi connectivity index (χ0v) is 11.7. The maximum absolute atomic E-state index is 10.9. The van der Waals surface area contributed by atoms with E-state index in [0.29, 0.717) is 29.0 Å². The van der Waals surface area contributed by atoms with Gasteiger partial charge in [0.2, 0.25) is 0 Å². The Morgan fingerprint density at radius 3 is 2.61 bits per heavy atom. The molecule has 1 aromatic carbocycles. The fraction of sp³-hybridized carbons (Fsp3) is 0.538. The van der Waals surface area contributed by atoms with E-state index in [1.54, 1.807) is 12.1 Å². The largest absolute Gasteiger partial charge is 0.312 e. The molecule has 0 saturated heterocycles. The molecule has 0 bridgehead atoms. The van der Waals surface area contributed by atoms with Crippen LogP contribution in [0.2, 0.25) is 5.02 Å². The Morgan fingerprint density at radius 2 is 2.06 bits per heavy atom. The third-order valence-corrected chi connectivity index (χ3v) is 3.55. The van der Waals surface area contributed by atoms with Crippen molar-refractivity contribution in [1.82, 2.24) is 5.32 Å². The Kier molecular flexibility index (Phi) is 5.56. The van der Waals surface area contributed by atoms with Crippen molar-refractivity contribution >= 4 is 17.3 Å². The molecule has 0 spiro atoms. The van der Waals surface area contributed by atoms with E-state index in [1.165, 1.54) is 6.07 Å². The quantitative estimate of drug-likeness (QED) is 0.634. The summed E-state index contributed by atoms with van der Waals surface area (Å²) in [6.07, 6.45) is 0. The zero-order valence-electron chi connectivity index (χ0n) is 10.9. The second-order valence-electron chi connectivity index (χ2n) is 4.85. The van der Waals surface area contributed by atoms with Crippen LogP contribution < -0.4 is 5.32 Å². The van der Waals surface area contributed by atoms with Crippen LogP contribution in [0, 0.1) is 22.0 Å². The van der Waals surface area contributed by atoms with E-state index in [0.717, 1.165) is 6.54 Å². The number of rotatable bonds is 6. The average molecular weight is 271 g/mol. The predicted molar refractivity (Wildman–Crippen MR) is 73.8 cm³/mol. The highest BCUT2D eigenvalue weighted by Crippen LogP contribution is 2.26. The topological polar surface area (TPSA) is 55.2 Å². The van der Waals surface area contributed by atoms with Crippen LogP contribution in [0.3, 0.4) is 0 Å². The van der Waals surface area contributed by atoms with E-state index >= 15 is 0 Å². The standard InChI is InChI=1S/C13H19ClN2O2/c1-9(2)10(3)7-15-8-11-12(14)5-4-6-13(11)16(17)18/h4-6,9-10,15H,7-8H2,1-3H3. The number of hydrogen-bond acceptors (Lipinski definition) is 3. The molecule has 1 atom stereocenters. The van der Waals surface area contributed by atoms with Gasteiger partial charge >= 0.3 is 0 Å². The Morgan fingerprint density at radius 1 is 1.39 bits per heavy atom. The Bertz CT molecular complexity index is 421. The highest BCUT2D eigenvalue weighted by atomic mass is 35.5. The highest BCUT2D eigenvalue weighted by Gasteiger charge is 2.16. The first-order chi connectivity index (χ1) is 8.43. The lowest BCUT2D eigenvalue weighted by Gasteiger charge is -2.16. The van der Waals surface area contributed by atoms with Gasteiger partial charge in [0, 0.05) is 12.6 Å².